The number of nitrogens with zero attached hydrogens (tertiary/aromatic N) is 3. The molecule has 0 radical (unpaired) electrons. The van der Waals surface area contributed by atoms with Crippen LogP contribution in [-0.4, -0.2) is 57.1 Å². The molecule has 0 spiro atoms. The number of aromatic nitrogens is 2. The molecule has 168 valence electrons. The molecule has 1 aromatic heterocycles. The minimum absolute atomic E-state index is 0.0101. The van der Waals surface area contributed by atoms with Gasteiger partial charge in [-0.25, -0.2) is 19.5 Å². The SMILES string of the molecule is CCOC(=O)c1cccc(-n2cnc(/C=C3\NC(=O)N(CC(=O)OC(C)(C)C)C3=O)c2)c1. The van der Waals surface area contributed by atoms with Gasteiger partial charge in [0.1, 0.15) is 17.8 Å². The van der Waals surface area contributed by atoms with Gasteiger partial charge in [-0.3, -0.25) is 9.59 Å². The molecule has 0 bridgehead atoms. The van der Waals surface area contributed by atoms with E-state index in [1.807, 2.05) is 0 Å². The third kappa shape index (κ3) is 5.39. The highest BCUT2D eigenvalue weighted by molar-refractivity contribution is 6.15. The van der Waals surface area contributed by atoms with Gasteiger partial charge in [-0.15, -0.1) is 0 Å². The second-order valence-electron chi connectivity index (χ2n) is 7.94. The molecule has 1 fully saturated rings. The maximum absolute atomic E-state index is 12.6. The molecular formula is C22H24N4O6. The highest BCUT2D eigenvalue weighted by atomic mass is 16.6. The van der Waals surface area contributed by atoms with Crippen LogP contribution >= 0.6 is 0 Å². The number of carbonyl (C=O) groups is 4. The lowest BCUT2D eigenvalue weighted by Crippen LogP contribution is -2.38. The third-order valence-electron chi connectivity index (χ3n) is 4.22. The molecule has 2 heterocycles. The number of imide groups is 1. The van der Waals surface area contributed by atoms with E-state index < -0.39 is 36.0 Å². The van der Waals surface area contributed by atoms with Crippen molar-refractivity contribution in [2.24, 2.45) is 0 Å². The quantitative estimate of drug-likeness (QED) is 0.416. The van der Waals surface area contributed by atoms with Gasteiger partial charge in [-0.2, -0.15) is 0 Å². The normalized spacial score (nSPS) is 15.1. The van der Waals surface area contributed by atoms with Crippen molar-refractivity contribution in [1.29, 1.82) is 0 Å². The van der Waals surface area contributed by atoms with Gasteiger partial charge < -0.3 is 19.4 Å². The molecule has 0 atom stereocenters. The molecule has 32 heavy (non-hydrogen) atoms. The zero-order valence-electron chi connectivity index (χ0n) is 18.2. The van der Waals surface area contributed by atoms with Gasteiger partial charge >= 0.3 is 18.0 Å². The Hall–Kier alpha value is -3.95. The summed E-state index contributed by atoms with van der Waals surface area (Å²) in [6.07, 6.45) is 4.55. The fraction of sp³-hybridized carbons (Fsp3) is 0.318. The van der Waals surface area contributed by atoms with Gasteiger partial charge in [0.25, 0.3) is 5.91 Å². The molecule has 1 aliphatic heterocycles. The van der Waals surface area contributed by atoms with Gasteiger partial charge in [0.05, 0.1) is 24.2 Å². The van der Waals surface area contributed by atoms with Crippen LogP contribution in [0.2, 0.25) is 0 Å². The molecule has 0 saturated carbocycles. The Morgan fingerprint density at radius 1 is 1.22 bits per heavy atom. The molecule has 1 aromatic carbocycles. The smallest absolute Gasteiger partial charge is 0.338 e. The van der Waals surface area contributed by atoms with E-state index in [0.29, 0.717) is 16.9 Å². The first kappa shape index (κ1) is 22.7. The summed E-state index contributed by atoms with van der Waals surface area (Å²) < 4.78 is 11.8. The summed E-state index contributed by atoms with van der Waals surface area (Å²) in [4.78, 5) is 53.6. The van der Waals surface area contributed by atoms with E-state index in [0.717, 1.165) is 4.90 Å². The lowest BCUT2D eigenvalue weighted by Gasteiger charge is -2.21. The number of ether oxygens (including phenoxy) is 2. The molecule has 2 aromatic rings. The van der Waals surface area contributed by atoms with Crippen molar-refractivity contribution in [1.82, 2.24) is 19.8 Å². The number of rotatable bonds is 6. The van der Waals surface area contributed by atoms with Crippen molar-refractivity contribution in [3.63, 3.8) is 0 Å². The summed E-state index contributed by atoms with van der Waals surface area (Å²) in [5.74, 6) is -1.77. The van der Waals surface area contributed by atoms with Crippen molar-refractivity contribution in [2.75, 3.05) is 13.2 Å². The topological polar surface area (TPSA) is 120 Å². The maximum Gasteiger partial charge on any atom is 0.338 e. The van der Waals surface area contributed by atoms with Gasteiger partial charge in [-0.05, 0) is 52.0 Å². The van der Waals surface area contributed by atoms with Crippen molar-refractivity contribution < 1.29 is 28.7 Å². The predicted molar refractivity (Wildman–Crippen MR) is 114 cm³/mol. The number of carbonyl (C=O) groups excluding carboxylic acids is 4. The van der Waals surface area contributed by atoms with Crippen LogP contribution in [0.3, 0.4) is 0 Å². The number of esters is 2. The second-order valence-corrected chi connectivity index (χ2v) is 7.94. The fourth-order valence-electron chi connectivity index (χ4n) is 2.93. The maximum atomic E-state index is 12.6. The Morgan fingerprint density at radius 3 is 2.66 bits per heavy atom. The van der Waals surface area contributed by atoms with Gasteiger partial charge in [0, 0.05) is 11.9 Å². The number of amides is 3. The van der Waals surface area contributed by atoms with E-state index in [1.165, 1.54) is 12.4 Å². The summed E-state index contributed by atoms with van der Waals surface area (Å²) in [5, 5.41) is 2.44. The van der Waals surface area contributed by atoms with Crippen LogP contribution in [0, 0.1) is 0 Å². The minimum Gasteiger partial charge on any atom is -0.462 e. The van der Waals surface area contributed by atoms with Crippen LogP contribution < -0.4 is 5.32 Å². The van der Waals surface area contributed by atoms with Crippen molar-refractivity contribution in [2.45, 2.75) is 33.3 Å². The number of hydrogen-bond donors (Lipinski definition) is 1. The molecule has 0 aliphatic carbocycles. The number of hydrogen-bond acceptors (Lipinski definition) is 7. The molecule has 10 heteroatoms. The minimum atomic E-state index is -0.730. The lowest BCUT2D eigenvalue weighted by molar-refractivity contribution is -0.156. The molecule has 3 rings (SSSR count). The Kier molecular flexibility index (Phi) is 6.42. The van der Waals surface area contributed by atoms with Crippen LogP contribution in [0.5, 0.6) is 0 Å². The van der Waals surface area contributed by atoms with Crippen LogP contribution in [-0.2, 0) is 19.1 Å². The summed E-state index contributed by atoms with van der Waals surface area (Å²) in [6.45, 7) is 6.60. The first-order valence-electron chi connectivity index (χ1n) is 9.95. The summed E-state index contributed by atoms with van der Waals surface area (Å²) in [6, 6.07) is 6.09. The van der Waals surface area contributed by atoms with Gasteiger partial charge in [0.2, 0.25) is 0 Å². The van der Waals surface area contributed by atoms with Gasteiger partial charge in [-0.1, -0.05) is 6.07 Å². The average Bonchev–Trinajstić information content (AvgIpc) is 3.27. The summed E-state index contributed by atoms with van der Waals surface area (Å²) >= 11 is 0. The highest BCUT2D eigenvalue weighted by Gasteiger charge is 2.36. The number of urea groups is 1. The van der Waals surface area contributed by atoms with Crippen LogP contribution in [0.4, 0.5) is 4.79 Å². The highest BCUT2D eigenvalue weighted by Crippen LogP contribution is 2.17. The lowest BCUT2D eigenvalue weighted by atomic mass is 10.2. The monoisotopic (exact) mass is 440 g/mol. The number of imidazole rings is 1. The molecule has 10 nitrogen and oxygen atoms in total. The Morgan fingerprint density at radius 2 is 1.97 bits per heavy atom. The molecular weight excluding hydrogens is 416 g/mol. The van der Waals surface area contributed by atoms with Crippen molar-refractivity contribution in [3.05, 3.63) is 53.7 Å². The van der Waals surface area contributed by atoms with E-state index >= 15 is 0 Å². The van der Waals surface area contributed by atoms with E-state index in [9.17, 15) is 19.2 Å². The first-order chi connectivity index (χ1) is 15.1. The molecule has 1 N–H and O–H groups in total. The first-order valence-corrected chi connectivity index (χ1v) is 9.95. The summed E-state index contributed by atoms with van der Waals surface area (Å²) in [7, 11) is 0. The molecule has 1 saturated heterocycles. The number of nitrogens with one attached hydrogen (secondary N) is 1. The van der Waals surface area contributed by atoms with Crippen LogP contribution in [0.25, 0.3) is 11.8 Å². The Bertz CT molecular complexity index is 1100. The largest absolute Gasteiger partial charge is 0.462 e. The van der Waals surface area contributed by atoms with E-state index in [-0.39, 0.29) is 12.3 Å². The van der Waals surface area contributed by atoms with Crippen LogP contribution in [0.15, 0.2) is 42.5 Å². The standard InChI is InChI=1S/C22H24N4O6/c1-5-31-20(29)14-7-6-8-16(9-14)25-11-15(23-13-25)10-17-19(28)26(21(30)24-17)12-18(27)32-22(2,3)4/h6-11,13H,5,12H2,1-4H3,(H,24,30)/b17-10-. The molecule has 0 unspecified atom stereocenters. The van der Waals surface area contributed by atoms with E-state index in [1.54, 1.807) is 62.7 Å². The molecule has 1 aliphatic rings. The zero-order chi connectivity index (χ0) is 23.5. The number of benzene rings is 1. The molecule has 3 amide bonds. The van der Waals surface area contributed by atoms with Crippen LogP contribution in [0.1, 0.15) is 43.7 Å². The van der Waals surface area contributed by atoms with Crippen molar-refractivity contribution in [3.8, 4) is 5.69 Å². The van der Waals surface area contributed by atoms with E-state index in [4.69, 9.17) is 9.47 Å². The van der Waals surface area contributed by atoms with Crippen molar-refractivity contribution >= 4 is 30.0 Å². The predicted octanol–water partition coefficient (Wildman–Crippen LogP) is 2.28. The average molecular weight is 440 g/mol. The van der Waals surface area contributed by atoms with Gasteiger partial charge in [0.15, 0.2) is 0 Å². The fourth-order valence-corrected chi connectivity index (χ4v) is 2.93. The Labute approximate surface area is 184 Å². The summed E-state index contributed by atoms with van der Waals surface area (Å²) in [5.41, 5.74) is 0.722. The second kappa shape index (κ2) is 9.04. The third-order valence-corrected chi connectivity index (χ3v) is 4.22. The zero-order valence-corrected chi connectivity index (χ0v) is 18.2. The van der Waals surface area contributed by atoms with E-state index in [2.05, 4.69) is 10.3 Å². The Balaban J connectivity index is 1.75.